The predicted octanol–water partition coefficient (Wildman–Crippen LogP) is 3.77. The van der Waals surface area contributed by atoms with Gasteiger partial charge >= 0.3 is 0 Å². The van der Waals surface area contributed by atoms with Crippen LogP contribution in [0.5, 0.6) is 11.5 Å². The fourth-order valence-electron chi connectivity index (χ4n) is 3.53. The van der Waals surface area contributed by atoms with Gasteiger partial charge in [-0.15, -0.1) is 0 Å². The molecule has 3 rings (SSSR count). The molecule has 2 heterocycles. The van der Waals surface area contributed by atoms with Crippen LogP contribution in [0.4, 0.5) is 5.82 Å². The molecule has 0 spiro atoms. The molecule has 0 aliphatic rings. The highest BCUT2D eigenvalue weighted by atomic mass is 16.5. The summed E-state index contributed by atoms with van der Waals surface area (Å²) < 4.78 is 10.9. The van der Waals surface area contributed by atoms with Gasteiger partial charge in [0.2, 0.25) is 11.8 Å². The van der Waals surface area contributed by atoms with Gasteiger partial charge in [-0.2, -0.15) is 0 Å². The zero-order valence-corrected chi connectivity index (χ0v) is 18.0. The maximum Gasteiger partial charge on any atom is 0.231 e. The van der Waals surface area contributed by atoms with Gasteiger partial charge in [0.05, 0.1) is 14.2 Å². The second-order valence-corrected chi connectivity index (χ2v) is 7.05. The van der Waals surface area contributed by atoms with Crippen molar-refractivity contribution in [2.45, 2.75) is 26.2 Å². The number of anilines is 1. The number of benzene rings is 1. The summed E-state index contributed by atoms with van der Waals surface area (Å²) in [6.07, 6.45) is 5.94. The van der Waals surface area contributed by atoms with Crippen molar-refractivity contribution >= 4 is 17.6 Å². The third kappa shape index (κ3) is 5.06. The molecule has 7 heteroatoms. The number of amides is 2. The van der Waals surface area contributed by atoms with Crippen LogP contribution >= 0.6 is 0 Å². The van der Waals surface area contributed by atoms with Crippen molar-refractivity contribution in [1.29, 1.82) is 0 Å². The first kappa shape index (κ1) is 22.0. The first-order chi connectivity index (χ1) is 14.9. The molecule has 0 N–H and O–H groups in total. The van der Waals surface area contributed by atoms with E-state index in [4.69, 9.17) is 9.47 Å². The van der Waals surface area contributed by atoms with Crippen molar-refractivity contribution < 1.29 is 19.1 Å². The van der Waals surface area contributed by atoms with E-state index in [2.05, 4.69) is 9.97 Å². The highest BCUT2D eigenvalue weighted by Crippen LogP contribution is 2.35. The average molecular weight is 419 g/mol. The average Bonchev–Trinajstić information content (AvgIpc) is 2.78. The molecule has 2 aromatic heterocycles. The summed E-state index contributed by atoms with van der Waals surface area (Å²) >= 11 is 0. The lowest BCUT2D eigenvalue weighted by Crippen LogP contribution is -2.33. The number of rotatable bonds is 7. The summed E-state index contributed by atoms with van der Waals surface area (Å²) in [6, 6.07) is 13.4. The van der Waals surface area contributed by atoms with Gasteiger partial charge in [0.25, 0.3) is 0 Å². The fraction of sp³-hybridized carbons (Fsp3) is 0.250. The lowest BCUT2D eigenvalue weighted by atomic mass is 9.86. The monoisotopic (exact) mass is 419 g/mol. The summed E-state index contributed by atoms with van der Waals surface area (Å²) in [4.78, 5) is 33.2. The minimum atomic E-state index is -0.374. The van der Waals surface area contributed by atoms with Gasteiger partial charge in [0.15, 0.2) is 11.5 Å². The second kappa shape index (κ2) is 9.84. The maximum atomic E-state index is 11.8. The molecule has 1 aromatic carbocycles. The zero-order valence-electron chi connectivity index (χ0n) is 18.0. The minimum Gasteiger partial charge on any atom is -0.493 e. The Bertz CT molecular complexity index is 1040. The van der Waals surface area contributed by atoms with Gasteiger partial charge < -0.3 is 9.47 Å². The van der Waals surface area contributed by atoms with Crippen molar-refractivity contribution in [1.82, 2.24) is 9.97 Å². The van der Waals surface area contributed by atoms with E-state index in [-0.39, 0.29) is 17.7 Å². The van der Waals surface area contributed by atoms with Crippen molar-refractivity contribution in [3.63, 3.8) is 0 Å². The number of aromatic nitrogens is 2. The molecule has 0 saturated carbocycles. The van der Waals surface area contributed by atoms with Gasteiger partial charge in [-0.25, -0.2) is 9.88 Å². The Balaban J connectivity index is 2.02. The van der Waals surface area contributed by atoms with Crippen LogP contribution in [-0.4, -0.2) is 36.0 Å². The summed E-state index contributed by atoms with van der Waals surface area (Å²) in [5.41, 5.74) is 3.09. The Morgan fingerprint density at radius 3 is 2.10 bits per heavy atom. The SMILES string of the molecule is COc1ccc(C(Cc2ccncc2)c2ccc(N(C(C)=O)C(C)=O)nc2)cc1OC. The smallest absolute Gasteiger partial charge is 0.231 e. The van der Waals surface area contributed by atoms with E-state index in [0.29, 0.717) is 23.7 Å². The lowest BCUT2D eigenvalue weighted by Gasteiger charge is -2.21. The molecule has 0 aliphatic heterocycles. The highest BCUT2D eigenvalue weighted by molar-refractivity contribution is 6.12. The number of nitrogens with zero attached hydrogens (tertiary/aromatic N) is 3. The van der Waals surface area contributed by atoms with Crippen LogP contribution in [0.15, 0.2) is 61.1 Å². The number of hydrogen-bond acceptors (Lipinski definition) is 6. The first-order valence-corrected chi connectivity index (χ1v) is 9.82. The molecular formula is C24H25N3O4. The Morgan fingerprint density at radius 2 is 1.55 bits per heavy atom. The van der Waals surface area contributed by atoms with Crippen molar-refractivity contribution in [2.24, 2.45) is 0 Å². The van der Waals surface area contributed by atoms with Crippen LogP contribution in [0.2, 0.25) is 0 Å². The predicted molar refractivity (Wildman–Crippen MR) is 117 cm³/mol. The van der Waals surface area contributed by atoms with Crippen molar-refractivity contribution in [2.75, 3.05) is 19.1 Å². The number of ether oxygens (including phenoxy) is 2. The maximum absolute atomic E-state index is 11.8. The third-order valence-corrected chi connectivity index (χ3v) is 5.03. The molecular weight excluding hydrogens is 394 g/mol. The molecule has 0 saturated heterocycles. The number of imide groups is 1. The Labute approximate surface area is 181 Å². The number of hydrogen-bond donors (Lipinski definition) is 0. The van der Waals surface area contributed by atoms with Gasteiger partial charge in [0.1, 0.15) is 5.82 Å². The van der Waals surface area contributed by atoms with Crippen molar-refractivity contribution in [3.8, 4) is 11.5 Å². The Kier molecular flexibility index (Phi) is 6.97. The molecule has 1 unspecified atom stereocenters. The Hall–Kier alpha value is -3.74. The number of carbonyl (C=O) groups excluding carboxylic acids is 2. The van der Waals surface area contributed by atoms with Crippen LogP contribution in [0, 0.1) is 0 Å². The standard InChI is InChI=1S/C24H25N3O4/c1-16(28)27(17(2)29)24-8-6-20(15-26-24)21(13-18-9-11-25-12-10-18)19-5-7-22(30-3)23(14-19)31-4/h5-12,14-15,21H,13H2,1-4H3. The summed E-state index contributed by atoms with van der Waals surface area (Å²) in [5.74, 6) is 0.817. The topological polar surface area (TPSA) is 81.6 Å². The molecule has 2 amide bonds. The van der Waals surface area contributed by atoms with E-state index < -0.39 is 0 Å². The van der Waals surface area contributed by atoms with Crippen LogP contribution < -0.4 is 14.4 Å². The van der Waals surface area contributed by atoms with E-state index in [9.17, 15) is 9.59 Å². The van der Waals surface area contributed by atoms with E-state index >= 15 is 0 Å². The number of carbonyl (C=O) groups is 2. The Morgan fingerprint density at radius 1 is 0.903 bits per heavy atom. The van der Waals surface area contributed by atoms with Gasteiger partial charge in [0, 0.05) is 38.4 Å². The molecule has 160 valence electrons. The molecule has 0 radical (unpaired) electrons. The first-order valence-electron chi connectivity index (χ1n) is 9.82. The van der Waals surface area contributed by atoms with Gasteiger partial charge in [-0.3, -0.25) is 14.6 Å². The summed E-state index contributed by atoms with van der Waals surface area (Å²) in [6.45, 7) is 2.68. The van der Waals surface area contributed by atoms with Crippen molar-refractivity contribution in [3.05, 3.63) is 77.7 Å². The van der Waals surface area contributed by atoms with Crippen LogP contribution in [0.1, 0.15) is 36.5 Å². The number of pyridine rings is 2. The van der Waals surface area contributed by atoms with Crippen LogP contribution in [0.3, 0.4) is 0 Å². The van der Waals surface area contributed by atoms with E-state index in [1.54, 1.807) is 38.9 Å². The van der Waals surface area contributed by atoms with E-state index in [1.165, 1.54) is 13.8 Å². The van der Waals surface area contributed by atoms with Gasteiger partial charge in [-0.1, -0.05) is 12.1 Å². The summed E-state index contributed by atoms with van der Waals surface area (Å²) in [5, 5.41) is 0. The second-order valence-electron chi connectivity index (χ2n) is 7.05. The fourth-order valence-corrected chi connectivity index (χ4v) is 3.53. The zero-order chi connectivity index (χ0) is 22.4. The molecule has 1 atom stereocenters. The largest absolute Gasteiger partial charge is 0.493 e. The normalized spacial score (nSPS) is 11.5. The molecule has 31 heavy (non-hydrogen) atoms. The molecule has 0 fully saturated rings. The van der Waals surface area contributed by atoms with Crippen LogP contribution in [-0.2, 0) is 16.0 Å². The molecule has 0 aliphatic carbocycles. The van der Waals surface area contributed by atoms with E-state index in [0.717, 1.165) is 21.6 Å². The third-order valence-electron chi connectivity index (χ3n) is 5.03. The molecule has 3 aromatic rings. The molecule has 0 bridgehead atoms. The highest BCUT2D eigenvalue weighted by Gasteiger charge is 2.21. The lowest BCUT2D eigenvalue weighted by molar-refractivity contribution is -0.124. The molecule has 7 nitrogen and oxygen atoms in total. The number of methoxy groups -OCH3 is 2. The van der Waals surface area contributed by atoms with E-state index in [1.807, 2.05) is 36.4 Å². The van der Waals surface area contributed by atoms with Crippen LogP contribution in [0.25, 0.3) is 0 Å². The minimum absolute atomic E-state index is 0.0353. The summed E-state index contributed by atoms with van der Waals surface area (Å²) in [7, 11) is 3.21. The quantitative estimate of drug-likeness (QED) is 0.580. The van der Waals surface area contributed by atoms with Gasteiger partial charge in [-0.05, 0) is 53.4 Å².